The minimum Gasteiger partial charge on any atom is -0.497 e. The van der Waals surface area contributed by atoms with Gasteiger partial charge in [0.25, 0.3) is 5.56 Å². The number of benzene rings is 2. The maximum Gasteiger partial charge on any atom is 0.271 e. The number of thiophene rings is 1. The third kappa shape index (κ3) is 4.11. The first-order chi connectivity index (χ1) is 14.5. The number of amides is 1. The van der Waals surface area contributed by atoms with Crippen LogP contribution in [-0.2, 0) is 17.9 Å². The zero-order chi connectivity index (χ0) is 21.1. The summed E-state index contributed by atoms with van der Waals surface area (Å²) in [5.41, 5.74) is 4.47. The Morgan fingerprint density at radius 2 is 1.87 bits per heavy atom. The highest BCUT2D eigenvalue weighted by atomic mass is 32.1. The van der Waals surface area contributed by atoms with E-state index in [0.29, 0.717) is 16.8 Å². The highest BCUT2D eigenvalue weighted by Crippen LogP contribution is 2.31. The molecule has 4 rings (SSSR count). The van der Waals surface area contributed by atoms with E-state index in [1.807, 2.05) is 60.8 Å². The van der Waals surface area contributed by atoms with Crippen LogP contribution in [0.1, 0.15) is 11.1 Å². The number of methoxy groups -OCH3 is 1. The molecule has 0 atom stereocenters. The number of carbonyl (C=O) groups excluding carboxylic acids is 1. The molecule has 0 saturated carbocycles. The van der Waals surface area contributed by atoms with Crippen molar-refractivity contribution in [2.24, 2.45) is 0 Å². The third-order valence-corrected chi connectivity index (χ3v) is 5.83. The van der Waals surface area contributed by atoms with Gasteiger partial charge in [-0.15, -0.1) is 11.3 Å². The van der Waals surface area contributed by atoms with E-state index in [4.69, 9.17) is 4.74 Å². The van der Waals surface area contributed by atoms with E-state index in [1.54, 1.807) is 7.11 Å². The van der Waals surface area contributed by atoms with Gasteiger partial charge in [-0.3, -0.25) is 14.2 Å². The zero-order valence-electron chi connectivity index (χ0n) is 16.7. The minimum atomic E-state index is -0.231. The Kier molecular flexibility index (Phi) is 5.63. The molecule has 0 aliphatic carbocycles. The minimum absolute atomic E-state index is 0.0661. The first kappa shape index (κ1) is 19.8. The van der Waals surface area contributed by atoms with Crippen molar-refractivity contribution in [1.82, 2.24) is 14.9 Å². The van der Waals surface area contributed by atoms with E-state index in [-0.39, 0.29) is 18.0 Å². The molecule has 2 aromatic carbocycles. The summed E-state index contributed by atoms with van der Waals surface area (Å²) in [5, 5.41) is 4.77. The molecule has 0 aliphatic rings. The van der Waals surface area contributed by atoms with Crippen LogP contribution in [0.4, 0.5) is 0 Å². The maximum absolute atomic E-state index is 12.9. The monoisotopic (exact) mass is 419 g/mol. The highest BCUT2D eigenvalue weighted by molar-refractivity contribution is 7.17. The van der Waals surface area contributed by atoms with Crippen LogP contribution in [0.25, 0.3) is 21.3 Å². The number of hydrogen-bond acceptors (Lipinski definition) is 5. The lowest BCUT2D eigenvalue weighted by molar-refractivity contribution is -0.121. The Balaban J connectivity index is 1.51. The van der Waals surface area contributed by atoms with E-state index in [9.17, 15) is 9.59 Å². The van der Waals surface area contributed by atoms with Crippen LogP contribution in [0.2, 0.25) is 0 Å². The summed E-state index contributed by atoms with van der Waals surface area (Å²) in [6.45, 7) is 2.37. The number of ether oxygens (including phenoxy) is 1. The molecule has 1 amide bonds. The van der Waals surface area contributed by atoms with Gasteiger partial charge in [-0.1, -0.05) is 42.0 Å². The molecule has 2 aromatic heterocycles. The number of hydrogen-bond donors (Lipinski definition) is 1. The Morgan fingerprint density at radius 1 is 1.13 bits per heavy atom. The van der Waals surface area contributed by atoms with Gasteiger partial charge in [0.1, 0.15) is 17.0 Å². The van der Waals surface area contributed by atoms with Gasteiger partial charge in [0.15, 0.2) is 0 Å². The second-order valence-corrected chi connectivity index (χ2v) is 7.88. The molecular weight excluding hydrogens is 398 g/mol. The van der Waals surface area contributed by atoms with Gasteiger partial charge >= 0.3 is 0 Å². The lowest BCUT2D eigenvalue weighted by Crippen LogP contribution is -2.31. The predicted octanol–water partition coefficient (Wildman–Crippen LogP) is 3.76. The van der Waals surface area contributed by atoms with E-state index in [1.165, 1.54) is 27.8 Å². The fourth-order valence-corrected chi connectivity index (χ4v) is 4.12. The van der Waals surface area contributed by atoms with Crippen molar-refractivity contribution in [3.63, 3.8) is 0 Å². The third-order valence-electron chi connectivity index (χ3n) is 4.87. The molecule has 4 aromatic rings. The average molecular weight is 420 g/mol. The predicted molar refractivity (Wildman–Crippen MR) is 119 cm³/mol. The number of fused-ring (bicyclic) bond motifs is 1. The second kappa shape index (κ2) is 8.51. The van der Waals surface area contributed by atoms with E-state index in [0.717, 1.165) is 22.4 Å². The molecule has 1 N–H and O–H groups in total. The van der Waals surface area contributed by atoms with Gasteiger partial charge in [-0.2, -0.15) is 0 Å². The zero-order valence-corrected chi connectivity index (χ0v) is 17.5. The van der Waals surface area contributed by atoms with Crippen molar-refractivity contribution < 1.29 is 9.53 Å². The topological polar surface area (TPSA) is 73.2 Å². The van der Waals surface area contributed by atoms with Crippen molar-refractivity contribution in [3.8, 4) is 16.9 Å². The molecule has 0 saturated heterocycles. The summed E-state index contributed by atoms with van der Waals surface area (Å²) in [7, 11) is 1.62. The second-order valence-electron chi connectivity index (χ2n) is 7.00. The lowest BCUT2D eigenvalue weighted by atomic mass is 10.1. The van der Waals surface area contributed by atoms with Crippen molar-refractivity contribution in [3.05, 3.63) is 81.7 Å². The standard InChI is InChI=1S/C23H21N3O3S/c1-15-3-5-16(6-4-15)11-24-20(27)12-26-14-25-21-19(13-30-22(21)23(26)28)17-7-9-18(29-2)10-8-17/h3-10,13-14H,11-12H2,1-2H3,(H,24,27). The Hall–Kier alpha value is -3.45. The van der Waals surface area contributed by atoms with Crippen LogP contribution in [0.3, 0.4) is 0 Å². The van der Waals surface area contributed by atoms with Gasteiger partial charge in [0.2, 0.25) is 5.91 Å². The number of aryl methyl sites for hydroxylation is 1. The number of nitrogens with zero attached hydrogens (tertiary/aromatic N) is 2. The fourth-order valence-electron chi connectivity index (χ4n) is 3.15. The maximum atomic E-state index is 12.9. The first-order valence-electron chi connectivity index (χ1n) is 9.48. The van der Waals surface area contributed by atoms with Crippen LogP contribution in [-0.4, -0.2) is 22.6 Å². The average Bonchev–Trinajstić information content (AvgIpc) is 3.20. The van der Waals surface area contributed by atoms with Gasteiger partial charge < -0.3 is 10.1 Å². The largest absolute Gasteiger partial charge is 0.497 e. The van der Waals surface area contributed by atoms with Crippen molar-refractivity contribution in [2.75, 3.05) is 7.11 Å². The molecule has 30 heavy (non-hydrogen) atoms. The van der Waals surface area contributed by atoms with Crippen LogP contribution in [0, 0.1) is 6.92 Å². The summed E-state index contributed by atoms with van der Waals surface area (Å²) in [5.74, 6) is 0.538. The van der Waals surface area contributed by atoms with Gasteiger partial charge in [0.05, 0.1) is 19.0 Å². The SMILES string of the molecule is COc1ccc(-c2csc3c(=O)n(CC(=O)NCc4ccc(C)cc4)cnc23)cc1. The summed E-state index contributed by atoms with van der Waals surface area (Å²) in [4.78, 5) is 29.6. The molecule has 7 heteroatoms. The summed E-state index contributed by atoms with van der Waals surface area (Å²) < 4.78 is 7.08. The number of rotatable bonds is 6. The van der Waals surface area contributed by atoms with Gasteiger partial charge in [-0.25, -0.2) is 4.98 Å². The number of aromatic nitrogens is 2. The number of nitrogens with one attached hydrogen (secondary N) is 1. The van der Waals surface area contributed by atoms with Crippen LogP contribution in [0.5, 0.6) is 5.75 Å². The lowest BCUT2D eigenvalue weighted by Gasteiger charge is -2.08. The summed E-state index contributed by atoms with van der Waals surface area (Å²) in [6.07, 6.45) is 1.44. The quantitative estimate of drug-likeness (QED) is 0.517. The van der Waals surface area contributed by atoms with Gasteiger partial charge in [-0.05, 0) is 30.2 Å². The molecule has 2 heterocycles. The van der Waals surface area contributed by atoms with Crippen molar-refractivity contribution in [1.29, 1.82) is 0 Å². The number of carbonyl (C=O) groups is 1. The molecule has 0 unspecified atom stereocenters. The molecule has 0 radical (unpaired) electrons. The molecule has 152 valence electrons. The van der Waals surface area contributed by atoms with Crippen LogP contribution < -0.4 is 15.6 Å². The van der Waals surface area contributed by atoms with Crippen molar-refractivity contribution in [2.45, 2.75) is 20.0 Å². The van der Waals surface area contributed by atoms with Gasteiger partial charge in [0, 0.05) is 17.5 Å². The molecule has 0 bridgehead atoms. The van der Waals surface area contributed by atoms with Crippen molar-refractivity contribution >= 4 is 27.5 Å². The normalized spacial score (nSPS) is 10.9. The molecule has 0 fully saturated rings. The van der Waals surface area contributed by atoms with E-state index >= 15 is 0 Å². The molecule has 0 aliphatic heterocycles. The highest BCUT2D eigenvalue weighted by Gasteiger charge is 2.14. The Labute approximate surface area is 177 Å². The fraction of sp³-hybridized carbons (Fsp3) is 0.174. The van der Waals surface area contributed by atoms with E-state index in [2.05, 4.69) is 10.3 Å². The first-order valence-corrected chi connectivity index (χ1v) is 10.4. The summed E-state index contributed by atoms with van der Waals surface area (Å²) in [6, 6.07) is 15.6. The Morgan fingerprint density at radius 3 is 2.57 bits per heavy atom. The smallest absolute Gasteiger partial charge is 0.271 e. The molecule has 6 nitrogen and oxygen atoms in total. The Bertz CT molecular complexity index is 1240. The summed E-state index contributed by atoms with van der Waals surface area (Å²) >= 11 is 1.34. The molecule has 0 spiro atoms. The van der Waals surface area contributed by atoms with E-state index < -0.39 is 0 Å². The van der Waals surface area contributed by atoms with Crippen LogP contribution >= 0.6 is 11.3 Å². The van der Waals surface area contributed by atoms with Crippen LogP contribution in [0.15, 0.2) is 65.0 Å². The molecular formula is C23H21N3O3S.